The molecule has 0 amide bonds. The maximum Gasteiger partial charge on any atom is 0.261 e. The van der Waals surface area contributed by atoms with Gasteiger partial charge in [0.1, 0.15) is 17.7 Å². The van der Waals surface area contributed by atoms with E-state index in [2.05, 4.69) is 125 Å². The second kappa shape index (κ2) is 12.2. The van der Waals surface area contributed by atoms with Crippen molar-refractivity contribution < 1.29 is 23.5 Å². The Morgan fingerprint density at radius 1 is 0.923 bits per heavy atom. The van der Waals surface area contributed by atoms with E-state index in [9.17, 15) is 15.1 Å². The summed E-state index contributed by atoms with van der Waals surface area (Å²) >= 11 is 0. The fraction of sp³-hybridized carbons (Fsp3) is 0.628. The minimum Gasteiger partial charge on any atom is -0.399 e. The molecule has 2 aliphatic heterocycles. The van der Waals surface area contributed by atoms with Crippen molar-refractivity contribution in [1.29, 1.82) is 0 Å². The van der Waals surface area contributed by atoms with Crippen molar-refractivity contribution in [2.24, 2.45) is 45.5 Å². The molecule has 5 fully saturated rings. The number of allylic oxidation sites excluding steroid dienone is 1. The Morgan fingerprint density at radius 3 is 2.19 bits per heavy atom. The molecular formula is C43H55N3O5Si. The van der Waals surface area contributed by atoms with Gasteiger partial charge in [-0.3, -0.25) is 9.59 Å². The number of carbonyl (C=O) groups is 2. The molecule has 2 aromatic rings. The molecule has 8 rings (SSSR count). The van der Waals surface area contributed by atoms with E-state index in [1.165, 1.54) is 15.9 Å². The second-order valence-corrected chi connectivity index (χ2v) is 23.1. The van der Waals surface area contributed by atoms with E-state index in [0.29, 0.717) is 32.3 Å². The van der Waals surface area contributed by atoms with Crippen molar-refractivity contribution in [3.8, 4) is 0 Å². The van der Waals surface area contributed by atoms with Gasteiger partial charge in [0.05, 0.1) is 23.7 Å². The standard InChI is InChI=1S/C43H55N3O5Si/c1-27-32-20-21-33-31-19-18-28-22-36(47)35(45-46-44)24-41(28,7)34(31)23-37(48)42(32,33)26-49-43(27)38(25-40(5,6)51-43)50-52(39(2,3)4,29-14-10-8-11-15-29)30-16-12-9-13-17-30/h8-17,21,27-28,31-32,34-35,38H,18-20,22-26H2,1-7H3/t27-,28-,31-,32+,34-,35+,38+,41-,42+,43+/m0/s1. The first kappa shape index (κ1) is 35.9. The third-order valence-corrected chi connectivity index (χ3v) is 19.9. The normalized spacial score (nSPS) is 39.5. The van der Waals surface area contributed by atoms with Crippen LogP contribution < -0.4 is 10.4 Å². The number of fused-ring (bicyclic) bond motifs is 4. The van der Waals surface area contributed by atoms with Gasteiger partial charge in [-0.2, -0.15) is 0 Å². The summed E-state index contributed by atoms with van der Waals surface area (Å²) < 4.78 is 22.3. The van der Waals surface area contributed by atoms with Crippen LogP contribution in [-0.2, 0) is 23.5 Å². The Bertz CT molecular complexity index is 1800. The van der Waals surface area contributed by atoms with Crippen molar-refractivity contribution in [2.75, 3.05) is 6.61 Å². The summed E-state index contributed by atoms with van der Waals surface area (Å²) in [5.74, 6) is -0.173. The molecule has 0 unspecified atom stereocenters. The zero-order chi connectivity index (χ0) is 36.9. The van der Waals surface area contributed by atoms with Gasteiger partial charge in [-0.1, -0.05) is 112 Å². The minimum absolute atomic E-state index is 0.0401. The number of rotatable bonds is 5. The van der Waals surface area contributed by atoms with E-state index in [1.807, 2.05) is 0 Å². The van der Waals surface area contributed by atoms with E-state index in [0.717, 1.165) is 19.3 Å². The van der Waals surface area contributed by atoms with Crippen molar-refractivity contribution in [3.63, 3.8) is 0 Å². The molecule has 3 saturated carbocycles. The molecule has 0 radical (unpaired) electrons. The first-order valence-corrected chi connectivity index (χ1v) is 21.5. The molecule has 6 aliphatic rings. The topological polar surface area (TPSA) is 111 Å². The van der Waals surface area contributed by atoms with Gasteiger partial charge in [-0.05, 0) is 89.6 Å². The van der Waals surface area contributed by atoms with E-state index in [4.69, 9.17) is 13.9 Å². The van der Waals surface area contributed by atoms with Gasteiger partial charge in [-0.25, -0.2) is 0 Å². The van der Waals surface area contributed by atoms with Crippen LogP contribution in [0.25, 0.3) is 10.4 Å². The van der Waals surface area contributed by atoms with E-state index in [-0.39, 0.29) is 57.7 Å². The maximum absolute atomic E-state index is 14.9. The summed E-state index contributed by atoms with van der Waals surface area (Å²) in [7, 11) is -2.96. The van der Waals surface area contributed by atoms with Crippen LogP contribution in [0.1, 0.15) is 93.4 Å². The Hall–Kier alpha value is -3.07. The fourth-order valence-corrected chi connectivity index (χ4v) is 17.1. The van der Waals surface area contributed by atoms with Gasteiger partial charge in [0.2, 0.25) is 0 Å². The van der Waals surface area contributed by atoms with Crippen LogP contribution in [0.15, 0.2) is 77.4 Å². The molecule has 0 bridgehead atoms. The molecule has 0 N–H and O–H groups in total. The lowest BCUT2D eigenvalue weighted by Gasteiger charge is -2.61. The third-order valence-electron chi connectivity index (χ3n) is 14.8. The Balaban J connectivity index is 1.16. The molecule has 8 nitrogen and oxygen atoms in total. The number of azide groups is 1. The van der Waals surface area contributed by atoms with Crippen LogP contribution in [0, 0.1) is 40.4 Å². The molecule has 9 heteroatoms. The molecular weight excluding hydrogens is 667 g/mol. The lowest BCUT2D eigenvalue weighted by molar-refractivity contribution is -0.334. The SMILES string of the molecule is C[C@H]1[C@H]2CC=C3[C@@H]4CC[C@H]5CC(=O)[C@H](N=[N+]=[N-])C[C@]5(C)[C@H]4CC(=O)[C@@]32CO[C@@]12OC(C)(C)C[C@H]2O[Si](c1ccccc1)(c1ccccc1)C(C)(C)C. The van der Waals surface area contributed by atoms with Crippen LogP contribution in [-0.4, -0.2) is 50.0 Å². The molecule has 2 spiro atoms. The zero-order valence-corrected chi connectivity index (χ0v) is 32.9. The summed E-state index contributed by atoms with van der Waals surface area (Å²) in [5, 5.41) is 6.16. The highest BCUT2D eigenvalue weighted by Crippen LogP contribution is 2.68. The highest BCUT2D eigenvalue weighted by Gasteiger charge is 2.72. The Kier molecular flexibility index (Phi) is 8.45. The van der Waals surface area contributed by atoms with E-state index < -0.39 is 31.2 Å². The van der Waals surface area contributed by atoms with Gasteiger partial charge in [0.15, 0.2) is 5.79 Å². The predicted molar refractivity (Wildman–Crippen MR) is 203 cm³/mol. The summed E-state index contributed by atoms with van der Waals surface area (Å²) in [4.78, 5) is 30.9. The average Bonchev–Trinajstić information content (AvgIpc) is 3.63. The largest absolute Gasteiger partial charge is 0.399 e. The number of hydrogen-bond donors (Lipinski definition) is 0. The molecule has 2 aromatic carbocycles. The first-order valence-electron chi connectivity index (χ1n) is 19.6. The predicted octanol–water partition coefficient (Wildman–Crippen LogP) is 8.09. The van der Waals surface area contributed by atoms with Crippen molar-refractivity contribution in [3.05, 3.63) is 82.8 Å². The van der Waals surface area contributed by atoms with Gasteiger partial charge in [0, 0.05) is 30.1 Å². The summed E-state index contributed by atoms with van der Waals surface area (Å²) in [6, 6.07) is 20.9. The summed E-state index contributed by atoms with van der Waals surface area (Å²) in [6.07, 6.45) is 6.90. The average molecular weight is 722 g/mol. The number of hydrogen-bond acceptors (Lipinski definition) is 6. The third kappa shape index (κ3) is 4.98. The zero-order valence-electron chi connectivity index (χ0n) is 31.9. The number of carbonyl (C=O) groups excluding carboxylic acids is 2. The molecule has 0 aromatic heterocycles. The maximum atomic E-state index is 14.9. The quantitative estimate of drug-likeness (QED) is 0.102. The fourth-order valence-electron chi connectivity index (χ4n) is 12.4. The first-order chi connectivity index (χ1) is 24.6. The Labute approximate surface area is 309 Å². The number of Topliss-reactive ketones (excluding diaryl/α,β-unsaturated/α-hetero) is 2. The smallest absolute Gasteiger partial charge is 0.261 e. The van der Waals surface area contributed by atoms with Crippen LogP contribution >= 0.6 is 0 Å². The highest BCUT2D eigenvalue weighted by atomic mass is 28.4. The number of ketones is 2. The second-order valence-electron chi connectivity index (χ2n) is 18.8. The van der Waals surface area contributed by atoms with Gasteiger partial charge >= 0.3 is 0 Å². The number of ether oxygens (including phenoxy) is 2. The van der Waals surface area contributed by atoms with Crippen LogP contribution in [0.5, 0.6) is 0 Å². The lowest BCUT2D eigenvalue weighted by atomic mass is 9.44. The molecule has 52 heavy (non-hydrogen) atoms. The van der Waals surface area contributed by atoms with Gasteiger partial charge < -0.3 is 13.9 Å². The van der Waals surface area contributed by atoms with Gasteiger partial charge in [-0.15, -0.1) is 0 Å². The number of benzene rings is 2. The van der Waals surface area contributed by atoms with Crippen LogP contribution in [0.2, 0.25) is 5.04 Å². The molecule has 2 heterocycles. The highest BCUT2D eigenvalue weighted by molar-refractivity contribution is 6.99. The minimum atomic E-state index is -2.96. The van der Waals surface area contributed by atoms with E-state index >= 15 is 0 Å². The molecule has 4 aliphatic carbocycles. The van der Waals surface area contributed by atoms with Crippen molar-refractivity contribution in [2.45, 2.75) is 122 Å². The summed E-state index contributed by atoms with van der Waals surface area (Å²) in [5.41, 5.74) is 9.10. The van der Waals surface area contributed by atoms with E-state index in [1.54, 1.807) is 0 Å². The molecule has 2 saturated heterocycles. The van der Waals surface area contributed by atoms with Crippen molar-refractivity contribution >= 4 is 30.3 Å². The number of nitrogens with zero attached hydrogens (tertiary/aromatic N) is 3. The monoisotopic (exact) mass is 721 g/mol. The van der Waals surface area contributed by atoms with Gasteiger partial charge in [0.25, 0.3) is 8.32 Å². The molecule has 10 atom stereocenters. The van der Waals surface area contributed by atoms with Crippen molar-refractivity contribution in [1.82, 2.24) is 0 Å². The van der Waals surface area contributed by atoms with Crippen LogP contribution in [0.3, 0.4) is 0 Å². The summed E-state index contributed by atoms with van der Waals surface area (Å²) in [6.45, 7) is 16.0. The lowest BCUT2D eigenvalue weighted by Crippen LogP contribution is -2.71. The van der Waals surface area contributed by atoms with Crippen LogP contribution in [0.4, 0.5) is 0 Å². The Morgan fingerprint density at radius 2 is 1.58 bits per heavy atom. The molecule has 276 valence electrons.